The van der Waals surface area contributed by atoms with E-state index in [0.717, 1.165) is 12.3 Å². The van der Waals surface area contributed by atoms with Gasteiger partial charge in [-0.1, -0.05) is 11.6 Å². The van der Waals surface area contributed by atoms with Crippen LogP contribution in [-0.2, 0) is 9.47 Å². The Balaban J connectivity index is 1.79. The number of fused-ring (bicyclic) bond motifs is 2. The van der Waals surface area contributed by atoms with Gasteiger partial charge in [0.1, 0.15) is 6.10 Å². The van der Waals surface area contributed by atoms with Crippen molar-refractivity contribution in [1.29, 1.82) is 0 Å². The number of carbonyl (C=O) groups is 1. The standard InChI is InChI=1S/C9H13ClO3/c10-5-12-9(11)13-8-4-6-1-2-7(8)3-6/h6-8H,1-5H2/t6-,7+,8-/m0/s1. The van der Waals surface area contributed by atoms with Gasteiger partial charge in [0.05, 0.1) is 0 Å². The van der Waals surface area contributed by atoms with Crippen LogP contribution < -0.4 is 0 Å². The number of hydrogen-bond donors (Lipinski definition) is 0. The first kappa shape index (κ1) is 9.13. The number of rotatable bonds is 2. The molecule has 74 valence electrons. The molecule has 0 N–H and O–H groups in total. The van der Waals surface area contributed by atoms with Gasteiger partial charge in [0.15, 0.2) is 6.07 Å². The third-order valence-corrected chi connectivity index (χ3v) is 3.20. The third-order valence-electron chi connectivity index (χ3n) is 3.09. The highest BCUT2D eigenvalue weighted by Gasteiger charge is 2.41. The van der Waals surface area contributed by atoms with Crippen LogP contribution in [0.2, 0.25) is 0 Å². The van der Waals surface area contributed by atoms with Crippen molar-refractivity contribution in [3.63, 3.8) is 0 Å². The van der Waals surface area contributed by atoms with Crippen LogP contribution in [0.1, 0.15) is 25.7 Å². The highest BCUT2D eigenvalue weighted by atomic mass is 35.5. The van der Waals surface area contributed by atoms with Gasteiger partial charge in [-0.25, -0.2) is 4.79 Å². The van der Waals surface area contributed by atoms with Crippen molar-refractivity contribution < 1.29 is 14.3 Å². The van der Waals surface area contributed by atoms with E-state index in [0.29, 0.717) is 5.92 Å². The lowest BCUT2D eigenvalue weighted by atomic mass is 9.98. The van der Waals surface area contributed by atoms with E-state index in [2.05, 4.69) is 4.74 Å². The number of alkyl halides is 1. The van der Waals surface area contributed by atoms with E-state index in [1.807, 2.05) is 0 Å². The van der Waals surface area contributed by atoms with Gasteiger partial charge in [-0.15, -0.1) is 0 Å². The van der Waals surface area contributed by atoms with Gasteiger partial charge in [-0.2, -0.15) is 0 Å². The average molecular weight is 205 g/mol. The molecular formula is C9H13ClO3. The Kier molecular flexibility index (Phi) is 2.63. The topological polar surface area (TPSA) is 35.5 Å². The maximum Gasteiger partial charge on any atom is 0.509 e. The molecule has 2 aliphatic rings. The van der Waals surface area contributed by atoms with Gasteiger partial charge in [0, 0.05) is 0 Å². The van der Waals surface area contributed by atoms with Crippen LogP contribution in [0.4, 0.5) is 4.79 Å². The fraction of sp³-hybridized carbons (Fsp3) is 0.889. The zero-order valence-corrected chi connectivity index (χ0v) is 8.13. The smallest absolute Gasteiger partial charge is 0.431 e. The fourth-order valence-corrected chi connectivity index (χ4v) is 2.62. The molecule has 2 fully saturated rings. The van der Waals surface area contributed by atoms with E-state index in [-0.39, 0.29) is 12.2 Å². The molecule has 13 heavy (non-hydrogen) atoms. The number of ether oxygens (including phenoxy) is 2. The summed E-state index contributed by atoms with van der Waals surface area (Å²) in [6.45, 7) is 0. The second-order valence-corrected chi connectivity index (χ2v) is 4.05. The van der Waals surface area contributed by atoms with Gasteiger partial charge >= 0.3 is 6.16 Å². The lowest BCUT2D eigenvalue weighted by molar-refractivity contribution is 0.0124. The summed E-state index contributed by atoms with van der Waals surface area (Å²) in [6.07, 6.45) is 4.21. The first-order valence-corrected chi connectivity index (χ1v) is 5.22. The third kappa shape index (κ3) is 1.90. The summed E-state index contributed by atoms with van der Waals surface area (Å²) in [7, 11) is 0. The number of halogens is 1. The second kappa shape index (κ2) is 3.74. The molecule has 0 aromatic heterocycles. The Morgan fingerprint density at radius 2 is 2.23 bits per heavy atom. The highest BCUT2D eigenvalue weighted by molar-refractivity contribution is 6.17. The van der Waals surface area contributed by atoms with Crippen molar-refractivity contribution in [2.45, 2.75) is 31.8 Å². The molecule has 0 aromatic rings. The van der Waals surface area contributed by atoms with Gasteiger partial charge in [-0.05, 0) is 37.5 Å². The van der Waals surface area contributed by atoms with Crippen LogP contribution in [0.3, 0.4) is 0 Å². The van der Waals surface area contributed by atoms with Crippen LogP contribution in [-0.4, -0.2) is 18.3 Å². The van der Waals surface area contributed by atoms with Crippen molar-refractivity contribution in [3.05, 3.63) is 0 Å². The first-order chi connectivity index (χ1) is 6.29. The van der Waals surface area contributed by atoms with E-state index >= 15 is 0 Å². The van der Waals surface area contributed by atoms with Crippen LogP contribution in [0, 0.1) is 11.8 Å². The fourth-order valence-electron chi connectivity index (χ4n) is 2.53. The largest absolute Gasteiger partial charge is 0.509 e. The average Bonchev–Trinajstić information content (AvgIpc) is 2.65. The lowest BCUT2D eigenvalue weighted by Crippen LogP contribution is -2.24. The van der Waals surface area contributed by atoms with E-state index in [9.17, 15) is 4.79 Å². The Morgan fingerprint density at radius 3 is 2.77 bits per heavy atom. The molecule has 0 amide bonds. The SMILES string of the molecule is O=C(OCCl)O[C@H]1C[C@H]2CC[C@@H]1C2. The molecule has 2 rings (SSSR count). The zero-order chi connectivity index (χ0) is 9.26. The first-order valence-electron chi connectivity index (χ1n) is 4.69. The molecule has 0 aromatic carbocycles. The zero-order valence-electron chi connectivity index (χ0n) is 7.37. The van der Waals surface area contributed by atoms with Crippen molar-refractivity contribution >= 4 is 17.8 Å². The number of carbonyl (C=O) groups excluding carboxylic acids is 1. The maximum absolute atomic E-state index is 10.9. The molecule has 0 spiro atoms. The summed E-state index contributed by atoms with van der Waals surface area (Å²) < 4.78 is 9.66. The molecular weight excluding hydrogens is 192 g/mol. The Hall–Kier alpha value is -0.440. The van der Waals surface area contributed by atoms with Gasteiger partial charge < -0.3 is 9.47 Å². The van der Waals surface area contributed by atoms with E-state index < -0.39 is 6.16 Å². The molecule has 0 saturated heterocycles. The second-order valence-electron chi connectivity index (χ2n) is 3.83. The molecule has 3 atom stereocenters. The maximum atomic E-state index is 10.9. The summed E-state index contributed by atoms with van der Waals surface area (Å²) in [5.74, 6) is 1.35. The number of hydrogen-bond acceptors (Lipinski definition) is 3. The lowest BCUT2D eigenvalue weighted by Gasteiger charge is -2.20. The molecule has 2 bridgehead atoms. The molecule has 0 heterocycles. The molecule has 0 radical (unpaired) electrons. The van der Waals surface area contributed by atoms with Crippen LogP contribution in [0.5, 0.6) is 0 Å². The molecule has 0 aliphatic heterocycles. The Labute approximate surface area is 82.3 Å². The predicted molar refractivity (Wildman–Crippen MR) is 47.5 cm³/mol. The van der Waals surface area contributed by atoms with E-state index in [1.54, 1.807) is 0 Å². The summed E-state index contributed by atoms with van der Waals surface area (Å²) in [5.41, 5.74) is 0. The summed E-state index contributed by atoms with van der Waals surface area (Å²) in [4.78, 5) is 10.9. The molecule has 4 heteroatoms. The van der Waals surface area contributed by atoms with E-state index in [4.69, 9.17) is 16.3 Å². The van der Waals surface area contributed by atoms with Crippen LogP contribution in [0.25, 0.3) is 0 Å². The normalized spacial score (nSPS) is 36.2. The summed E-state index contributed by atoms with van der Waals surface area (Å²) in [6, 6.07) is -0.125. The minimum absolute atomic E-state index is 0.0921. The Morgan fingerprint density at radius 1 is 1.38 bits per heavy atom. The van der Waals surface area contributed by atoms with Crippen molar-refractivity contribution in [1.82, 2.24) is 0 Å². The van der Waals surface area contributed by atoms with Crippen molar-refractivity contribution in [2.24, 2.45) is 11.8 Å². The van der Waals surface area contributed by atoms with E-state index in [1.165, 1.54) is 19.3 Å². The predicted octanol–water partition coefficient (Wildman–Crippen LogP) is 2.52. The molecule has 2 saturated carbocycles. The summed E-state index contributed by atoms with van der Waals surface area (Å²) in [5, 5.41) is 0. The quantitative estimate of drug-likeness (QED) is 0.512. The minimum Gasteiger partial charge on any atom is -0.431 e. The van der Waals surface area contributed by atoms with Crippen molar-refractivity contribution in [3.8, 4) is 0 Å². The molecule has 3 nitrogen and oxygen atoms in total. The molecule has 2 aliphatic carbocycles. The summed E-state index contributed by atoms with van der Waals surface area (Å²) >= 11 is 5.24. The van der Waals surface area contributed by atoms with Crippen molar-refractivity contribution in [2.75, 3.05) is 6.07 Å². The monoisotopic (exact) mass is 204 g/mol. The van der Waals surface area contributed by atoms with Crippen LogP contribution >= 0.6 is 11.6 Å². The highest BCUT2D eigenvalue weighted by Crippen LogP contribution is 2.45. The molecule has 0 unspecified atom stereocenters. The minimum atomic E-state index is -0.618. The van der Waals surface area contributed by atoms with Gasteiger partial charge in [-0.3, -0.25) is 0 Å². The van der Waals surface area contributed by atoms with Gasteiger partial charge in [0.25, 0.3) is 0 Å². The Bertz CT molecular complexity index is 207. The van der Waals surface area contributed by atoms with Gasteiger partial charge in [0.2, 0.25) is 0 Å². The van der Waals surface area contributed by atoms with Crippen LogP contribution in [0.15, 0.2) is 0 Å².